The molecule has 0 unspecified atom stereocenters. The Morgan fingerprint density at radius 1 is 1.22 bits per heavy atom. The van der Waals surface area contributed by atoms with Gasteiger partial charge >= 0.3 is 6.03 Å². The highest BCUT2D eigenvalue weighted by molar-refractivity contribution is 7.13. The van der Waals surface area contributed by atoms with Crippen LogP contribution in [0.2, 0.25) is 0 Å². The molecule has 0 spiro atoms. The molecule has 0 saturated carbocycles. The predicted octanol–water partition coefficient (Wildman–Crippen LogP) is 1.99. The molecule has 4 saturated heterocycles. The molecule has 4 aliphatic rings. The van der Waals surface area contributed by atoms with E-state index >= 15 is 0 Å². The number of anilines is 1. The van der Waals surface area contributed by atoms with Crippen molar-refractivity contribution in [2.24, 2.45) is 5.92 Å². The summed E-state index contributed by atoms with van der Waals surface area (Å²) in [4.78, 5) is 31.0. The van der Waals surface area contributed by atoms with Crippen molar-refractivity contribution in [2.75, 3.05) is 44.7 Å². The fraction of sp³-hybridized carbons (Fsp3) is 0.526. The Hall–Kier alpha value is -2.19. The third-order valence-corrected chi connectivity index (χ3v) is 6.98. The summed E-state index contributed by atoms with van der Waals surface area (Å²) in [7, 11) is 1.81. The predicted molar refractivity (Wildman–Crippen MR) is 105 cm³/mol. The Morgan fingerprint density at radius 2 is 2.04 bits per heavy atom. The molecule has 1 aromatic heterocycles. The summed E-state index contributed by atoms with van der Waals surface area (Å²) >= 11 is 1.32. The summed E-state index contributed by atoms with van der Waals surface area (Å²) in [6, 6.07) is 6.05. The minimum absolute atomic E-state index is 0.0131. The zero-order chi connectivity index (χ0) is 18.5. The minimum atomic E-state index is -0.0790. The maximum Gasteiger partial charge on any atom is 0.324 e. The van der Waals surface area contributed by atoms with Gasteiger partial charge in [-0.15, -0.1) is 0 Å². The fourth-order valence-electron chi connectivity index (χ4n) is 4.51. The topological polar surface area (TPSA) is 68.8 Å². The molecule has 4 aliphatic heterocycles. The number of nitrogens with one attached hydrogen (secondary N) is 1. The lowest BCUT2D eigenvalue weighted by molar-refractivity contribution is 0.0619. The maximum absolute atomic E-state index is 12.8. The molecule has 3 amide bonds. The van der Waals surface area contributed by atoms with Gasteiger partial charge in [-0.2, -0.15) is 4.37 Å². The molecule has 4 fully saturated rings. The number of urea groups is 1. The van der Waals surface area contributed by atoms with Gasteiger partial charge in [0, 0.05) is 43.8 Å². The molecule has 27 heavy (non-hydrogen) atoms. The molecular formula is C19H23N5O2S. The van der Waals surface area contributed by atoms with Gasteiger partial charge in [-0.25, -0.2) is 4.79 Å². The van der Waals surface area contributed by atoms with Crippen molar-refractivity contribution >= 4 is 39.2 Å². The average molecular weight is 385 g/mol. The van der Waals surface area contributed by atoms with E-state index in [0.29, 0.717) is 18.2 Å². The van der Waals surface area contributed by atoms with Gasteiger partial charge in [0.1, 0.15) is 5.69 Å². The first-order valence-corrected chi connectivity index (χ1v) is 10.3. The summed E-state index contributed by atoms with van der Waals surface area (Å²) in [5.74, 6) is 0.512. The summed E-state index contributed by atoms with van der Waals surface area (Å²) < 4.78 is 5.37. The SMILES string of the molecule is CN1CCN(c2ccc3c(C(=O)N[C@@H]4CN5CCC4CC5)nsc3c2)C1=O. The monoisotopic (exact) mass is 385 g/mol. The van der Waals surface area contributed by atoms with Crippen LogP contribution >= 0.6 is 11.5 Å². The summed E-state index contributed by atoms with van der Waals surface area (Å²) in [5.41, 5.74) is 1.37. The highest BCUT2D eigenvalue weighted by Crippen LogP contribution is 2.31. The second-order valence-electron chi connectivity index (χ2n) is 7.79. The van der Waals surface area contributed by atoms with Crippen molar-refractivity contribution in [3.05, 3.63) is 23.9 Å². The highest BCUT2D eigenvalue weighted by Gasteiger charge is 2.35. The number of amides is 3. The number of hydrogen-bond acceptors (Lipinski definition) is 5. The smallest absolute Gasteiger partial charge is 0.324 e. The van der Waals surface area contributed by atoms with Crippen LogP contribution in [0.1, 0.15) is 23.3 Å². The lowest BCUT2D eigenvalue weighted by Gasteiger charge is -2.44. The van der Waals surface area contributed by atoms with E-state index < -0.39 is 0 Å². The Kier molecular flexibility index (Phi) is 4.05. The van der Waals surface area contributed by atoms with E-state index in [1.54, 1.807) is 9.80 Å². The molecule has 5 heterocycles. The van der Waals surface area contributed by atoms with E-state index in [0.717, 1.165) is 42.0 Å². The van der Waals surface area contributed by atoms with Crippen molar-refractivity contribution in [1.29, 1.82) is 0 Å². The molecule has 2 aromatic rings. The highest BCUT2D eigenvalue weighted by atomic mass is 32.1. The maximum atomic E-state index is 12.8. The van der Waals surface area contributed by atoms with Gasteiger partial charge < -0.3 is 15.1 Å². The van der Waals surface area contributed by atoms with Gasteiger partial charge in [0.25, 0.3) is 5.91 Å². The molecule has 6 rings (SSSR count). The van der Waals surface area contributed by atoms with Gasteiger partial charge in [0.2, 0.25) is 0 Å². The van der Waals surface area contributed by atoms with E-state index in [2.05, 4.69) is 14.6 Å². The summed E-state index contributed by atoms with van der Waals surface area (Å²) in [5, 5.41) is 4.08. The second-order valence-corrected chi connectivity index (χ2v) is 8.59. The number of likely N-dealkylation sites (N-methyl/N-ethyl adjacent to an activating group) is 1. The number of aromatic nitrogens is 1. The third kappa shape index (κ3) is 2.87. The fourth-order valence-corrected chi connectivity index (χ4v) is 5.32. The zero-order valence-electron chi connectivity index (χ0n) is 15.4. The number of hydrogen-bond donors (Lipinski definition) is 1. The van der Waals surface area contributed by atoms with Gasteiger partial charge in [0.15, 0.2) is 0 Å². The molecule has 142 valence electrons. The number of nitrogens with zero attached hydrogens (tertiary/aromatic N) is 4. The van der Waals surface area contributed by atoms with Crippen LogP contribution in [0.15, 0.2) is 18.2 Å². The Balaban J connectivity index is 1.36. The average Bonchev–Trinajstić information content (AvgIpc) is 3.26. The standard InChI is InChI=1S/C19H23N5O2S/c1-22-8-9-24(19(22)26)13-2-3-14-16(10-13)27-21-17(14)18(25)20-15-11-23-6-4-12(15)5-7-23/h2-3,10,12,15H,4-9,11H2,1H3,(H,20,25)/t15-/m1/s1. The zero-order valence-corrected chi connectivity index (χ0v) is 16.2. The lowest BCUT2D eigenvalue weighted by Crippen LogP contribution is -2.57. The van der Waals surface area contributed by atoms with Crippen LogP contribution in [0.3, 0.4) is 0 Å². The molecule has 0 aliphatic carbocycles. The number of benzene rings is 1. The van der Waals surface area contributed by atoms with Gasteiger partial charge in [-0.3, -0.25) is 9.69 Å². The largest absolute Gasteiger partial charge is 0.346 e. The first-order valence-electron chi connectivity index (χ1n) is 9.55. The van der Waals surface area contributed by atoms with Crippen LogP contribution in [0.25, 0.3) is 10.1 Å². The Labute approximate surface area is 162 Å². The van der Waals surface area contributed by atoms with Crippen LogP contribution in [-0.4, -0.2) is 71.9 Å². The number of rotatable bonds is 3. The molecule has 2 bridgehead atoms. The van der Waals surface area contributed by atoms with Crippen molar-refractivity contribution < 1.29 is 9.59 Å². The number of carbonyl (C=O) groups is 2. The van der Waals surface area contributed by atoms with Gasteiger partial charge in [-0.1, -0.05) is 0 Å². The number of carbonyl (C=O) groups excluding carboxylic acids is 2. The van der Waals surface area contributed by atoms with Gasteiger partial charge in [-0.05, 0) is 61.6 Å². The molecule has 7 nitrogen and oxygen atoms in total. The van der Waals surface area contributed by atoms with Crippen molar-refractivity contribution in [2.45, 2.75) is 18.9 Å². The summed E-state index contributed by atoms with van der Waals surface area (Å²) in [6.07, 6.45) is 2.34. The first kappa shape index (κ1) is 16.9. The molecule has 1 aromatic carbocycles. The van der Waals surface area contributed by atoms with Crippen molar-refractivity contribution in [3.63, 3.8) is 0 Å². The molecular weight excluding hydrogens is 362 g/mol. The second kappa shape index (κ2) is 6.45. The molecule has 1 N–H and O–H groups in total. The van der Waals surface area contributed by atoms with E-state index in [9.17, 15) is 9.59 Å². The van der Waals surface area contributed by atoms with Crippen LogP contribution in [0.4, 0.5) is 10.5 Å². The molecule has 8 heteroatoms. The van der Waals surface area contributed by atoms with Crippen LogP contribution < -0.4 is 10.2 Å². The van der Waals surface area contributed by atoms with Crippen LogP contribution in [0.5, 0.6) is 0 Å². The Morgan fingerprint density at radius 3 is 2.70 bits per heavy atom. The lowest BCUT2D eigenvalue weighted by atomic mass is 9.84. The summed E-state index contributed by atoms with van der Waals surface area (Å²) in [6.45, 7) is 4.68. The van der Waals surface area contributed by atoms with Crippen molar-refractivity contribution in [1.82, 2.24) is 19.5 Å². The molecule has 1 atom stereocenters. The van der Waals surface area contributed by atoms with Crippen LogP contribution in [0, 0.1) is 5.92 Å². The third-order valence-electron chi connectivity index (χ3n) is 6.17. The van der Waals surface area contributed by atoms with Gasteiger partial charge in [0.05, 0.1) is 4.70 Å². The van der Waals surface area contributed by atoms with E-state index in [1.807, 2.05) is 25.2 Å². The van der Waals surface area contributed by atoms with Crippen LogP contribution in [-0.2, 0) is 0 Å². The number of fused-ring (bicyclic) bond motifs is 4. The molecule has 0 radical (unpaired) electrons. The first-order chi connectivity index (χ1) is 13.1. The quantitative estimate of drug-likeness (QED) is 0.877. The normalized spacial score (nSPS) is 27.6. The van der Waals surface area contributed by atoms with E-state index in [1.165, 1.54) is 24.4 Å². The minimum Gasteiger partial charge on any atom is -0.346 e. The Bertz CT molecular complexity index is 905. The van der Waals surface area contributed by atoms with E-state index in [4.69, 9.17) is 0 Å². The van der Waals surface area contributed by atoms with Crippen molar-refractivity contribution in [3.8, 4) is 0 Å². The number of piperidine rings is 3. The van der Waals surface area contributed by atoms with E-state index in [-0.39, 0.29) is 18.0 Å².